The molecule has 0 bridgehead atoms. The van der Waals surface area contributed by atoms with Crippen LogP contribution in [0.4, 0.5) is 5.82 Å². The molecule has 52 valence electrons. The number of anilines is 1. The maximum absolute atomic E-state index is 10.2. The fourth-order valence-electron chi connectivity index (χ4n) is 1.10. The second-order valence-electron chi connectivity index (χ2n) is 2.22. The van der Waals surface area contributed by atoms with Crippen LogP contribution >= 0.6 is 0 Å². The van der Waals surface area contributed by atoms with Crippen LogP contribution in [0.25, 0.3) is 0 Å². The minimum atomic E-state index is 0.502. The predicted octanol–water partition coefficient (Wildman–Crippen LogP) is 0.121. The van der Waals surface area contributed by atoms with Crippen LogP contribution in [-0.2, 0) is 6.54 Å². The standard InChI is InChI=1S/C6H7N3O/c10-4-5-3-6-7-1-2-9(6)8-5/h3-4,7H,1-2H2. The maximum Gasteiger partial charge on any atom is 0.170 e. The summed E-state index contributed by atoms with van der Waals surface area (Å²) in [6, 6.07) is 1.75. The van der Waals surface area contributed by atoms with Crippen molar-refractivity contribution in [2.24, 2.45) is 0 Å². The Morgan fingerprint density at radius 2 is 2.70 bits per heavy atom. The first kappa shape index (κ1) is 5.46. The number of nitrogens with one attached hydrogen (secondary N) is 1. The number of rotatable bonds is 1. The lowest BCUT2D eigenvalue weighted by molar-refractivity contribution is 0.111. The van der Waals surface area contributed by atoms with Gasteiger partial charge in [-0.3, -0.25) is 4.79 Å². The first-order valence-corrected chi connectivity index (χ1v) is 3.17. The number of hydrogen-bond acceptors (Lipinski definition) is 3. The quantitative estimate of drug-likeness (QED) is 0.559. The summed E-state index contributed by atoms with van der Waals surface area (Å²) in [7, 11) is 0. The van der Waals surface area contributed by atoms with Gasteiger partial charge in [-0.1, -0.05) is 0 Å². The number of aldehydes is 1. The molecular weight excluding hydrogens is 130 g/mol. The van der Waals surface area contributed by atoms with Crippen LogP contribution in [0.15, 0.2) is 6.07 Å². The van der Waals surface area contributed by atoms with Crippen molar-refractivity contribution < 1.29 is 4.79 Å². The van der Waals surface area contributed by atoms with Crippen molar-refractivity contribution in [3.05, 3.63) is 11.8 Å². The second kappa shape index (κ2) is 1.83. The third-order valence-electron chi connectivity index (χ3n) is 1.55. The van der Waals surface area contributed by atoms with E-state index in [1.807, 2.05) is 0 Å². The van der Waals surface area contributed by atoms with E-state index in [1.165, 1.54) is 0 Å². The molecule has 0 saturated carbocycles. The lowest BCUT2D eigenvalue weighted by atomic mass is 10.5. The molecule has 0 saturated heterocycles. The lowest BCUT2D eigenvalue weighted by Crippen LogP contribution is -1.97. The Morgan fingerprint density at radius 3 is 3.40 bits per heavy atom. The number of aromatic nitrogens is 2. The molecule has 1 aromatic rings. The van der Waals surface area contributed by atoms with Crippen LogP contribution in [0.1, 0.15) is 10.5 Å². The van der Waals surface area contributed by atoms with Crippen molar-refractivity contribution in [3.8, 4) is 0 Å². The molecule has 4 nitrogen and oxygen atoms in total. The third kappa shape index (κ3) is 0.618. The first-order valence-electron chi connectivity index (χ1n) is 3.17. The summed E-state index contributed by atoms with van der Waals surface area (Å²) in [4.78, 5) is 10.2. The van der Waals surface area contributed by atoms with Gasteiger partial charge in [0.05, 0.1) is 6.54 Å². The highest BCUT2D eigenvalue weighted by molar-refractivity contribution is 5.73. The third-order valence-corrected chi connectivity index (χ3v) is 1.55. The van der Waals surface area contributed by atoms with Gasteiger partial charge in [0.1, 0.15) is 11.5 Å². The van der Waals surface area contributed by atoms with Crippen molar-refractivity contribution >= 4 is 12.1 Å². The van der Waals surface area contributed by atoms with Gasteiger partial charge in [0.15, 0.2) is 6.29 Å². The summed E-state index contributed by atoms with van der Waals surface area (Å²) >= 11 is 0. The van der Waals surface area contributed by atoms with Gasteiger partial charge in [-0.25, -0.2) is 4.68 Å². The van der Waals surface area contributed by atoms with Gasteiger partial charge >= 0.3 is 0 Å². The van der Waals surface area contributed by atoms with Crippen molar-refractivity contribution in [1.29, 1.82) is 0 Å². The van der Waals surface area contributed by atoms with Gasteiger partial charge in [0.25, 0.3) is 0 Å². The average molecular weight is 137 g/mol. The summed E-state index contributed by atoms with van der Waals surface area (Å²) in [6.07, 6.45) is 0.757. The summed E-state index contributed by atoms with van der Waals surface area (Å²) in [5.74, 6) is 0.946. The Bertz CT molecular complexity index is 244. The van der Waals surface area contributed by atoms with Crippen molar-refractivity contribution in [2.45, 2.75) is 6.54 Å². The predicted molar refractivity (Wildman–Crippen MR) is 36.1 cm³/mol. The molecule has 10 heavy (non-hydrogen) atoms. The Hall–Kier alpha value is -1.32. The molecule has 4 heteroatoms. The highest BCUT2D eigenvalue weighted by Gasteiger charge is 2.11. The molecule has 0 spiro atoms. The molecule has 2 rings (SSSR count). The van der Waals surface area contributed by atoms with Crippen LogP contribution in [0.5, 0.6) is 0 Å². The molecule has 0 unspecified atom stereocenters. The Kier molecular flexibility index (Phi) is 1.00. The zero-order chi connectivity index (χ0) is 6.97. The number of nitrogens with zero attached hydrogens (tertiary/aromatic N) is 2. The molecule has 1 aliphatic rings. The van der Waals surface area contributed by atoms with E-state index in [4.69, 9.17) is 0 Å². The van der Waals surface area contributed by atoms with Crippen LogP contribution < -0.4 is 5.32 Å². The van der Waals surface area contributed by atoms with E-state index in [2.05, 4.69) is 10.4 Å². The van der Waals surface area contributed by atoms with Crippen molar-refractivity contribution in [1.82, 2.24) is 9.78 Å². The van der Waals surface area contributed by atoms with Gasteiger partial charge in [-0.15, -0.1) is 0 Å². The van der Waals surface area contributed by atoms with Gasteiger partial charge in [-0.05, 0) is 0 Å². The zero-order valence-electron chi connectivity index (χ0n) is 5.37. The lowest BCUT2D eigenvalue weighted by Gasteiger charge is -1.86. The number of fused-ring (bicyclic) bond motifs is 1. The fraction of sp³-hybridized carbons (Fsp3) is 0.333. The van der Waals surface area contributed by atoms with Crippen LogP contribution in [-0.4, -0.2) is 22.6 Å². The molecule has 0 amide bonds. The van der Waals surface area contributed by atoms with Gasteiger partial charge in [-0.2, -0.15) is 5.10 Å². The topological polar surface area (TPSA) is 46.9 Å². The van der Waals surface area contributed by atoms with E-state index >= 15 is 0 Å². The minimum absolute atomic E-state index is 0.502. The largest absolute Gasteiger partial charge is 0.368 e. The highest BCUT2D eigenvalue weighted by Crippen LogP contribution is 2.13. The van der Waals surface area contributed by atoms with E-state index in [0.29, 0.717) is 5.69 Å². The monoisotopic (exact) mass is 137 g/mol. The van der Waals surface area contributed by atoms with Crippen molar-refractivity contribution in [3.63, 3.8) is 0 Å². The molecule has 1 aromatic heterocycles. The maximum atomic E-state index is 10.2. The highest BCUT2D eigenvalue weighted by atomic mass is 16.1. The Labute approximate surface area is 57.8 Å². The van der Waals surface area contributed by atoms with Crippen LogP contribution in [0.2, 0.25) is 0 Å². The van der Waals surface area contributed by atoms with E-state index in [-0.39, 0.29) is 0 Å². The first-order chi connectivity index (χ1) is 4.90. The van der Waals surface area contributed by atoms with E-state index in [9.17, 15) is 4.79 Å². The number of carbonyl (C=O) groups is 1. The van der Waals surface area contributed by atoms with Gasteiger partial charge in [0, 0.05) is 12.6 Å². The van der Waals surface area contributed by atoms with Crippen LogP contribution in [0.3, 0.4) is 0 Å². The SMILES string of the molecule is O=Cc1cc2n(n1)CCN2. The molecule has 0 aromatic carbocycles. The molecule has 0 fully saturated rings. The summed E-state index contributed by atoms with van der Waals surface area (Å²) < 4.78 is 1.80. The molecule has 0 atom stereocenters. The smallest absolute Gasteiger partial charge is 0.170 e. The summed E-state index contributed by atoms with van der Waals surface area (Å²) in [5.41, 5.74) is 0.502. The van der Waals surface area contributed by atoms with Gasteiger partial charge in [0.2, 0.25) is 0 Å². The zero-order valence-corrected chi connectivity index (χ0v) is 5.37. The minimum Gasteiger partial charge on any atom is -0.368 e. The normalized spacial score (nSPS) is 14.4. The summed E-state index contributed by atoms with van der Waals surface area (Å²) in [5, 5.41) is 7.09. The molecule has 0 radical (unpaired) electrons. The Morgan fingerprint density at radius 1 is 1.80 bits per heavy atom. The molecule has 0 aliphatic carbocycles. The van der Waals surface area contributed by atoms with E-state index in [0.717, 1.165) is 25.2 Å². The molecular formula is C6H7N3O. The van der Waals surface area contributed by atoms with E-state index < -0.39 is 0 Å². The average Bonchev–Trinajstić information content (AvgIpc) is 2.42. The number of hydrogen-bond donors (Lipinski definition) is 1. The second-order valence-corrected chi connectivity index (χ2v) is 2.22. The molecule has 2 heterocycles. The number of carbonyl (C=O) groups excluding carboxylic acids is 1. The van der Waals surface area contributed by atoms with Crippen LogP contribution in [0, 0.1) is 0 Å². The fourth-order valence-corrected chi connectivity index (χ4v) is 1.10. The van der Waals surface area contributed by atoms with E-state index in [1.54, 1.807) is 10.7 Å². The molecule has 1 N–H and O–H groups in total. The van der Waals surface area contributed by atoms with Crippen molar-refractivity contribution in [2.75, 3.05) is 11.9 Å². The Balaban J connectivity index is 2.46. The molecule has 1 aliphatic heterocycles. The summed E-state index contributed by atoms with van der Waals surface area (Å²) in [6.45, 7) is 1.78. The van der Waals surface area contributed by atoms with Gasteiger partial charge < -0.3 is 5.32 Å².